The first-order valence-electron chi connectivity index (χ1n) is 9.14. The van der Waals surface area contributed by atoms with Crippen LogP contribution >= 0.6 is 0 Å². The molecule has 142 valence electrons. The Balaban J connectivity index is 1.56. The van der Waals surface area contributed by atoms with Crippen molar-refractivity contribution in [3.05, 3.63) is 65.5 Å². The van der Waals surface area contributed by atoms with Crippen LogP contribution in [-0.2, 0) is 11.2 Å². The number of phenolic OH excluding ortho intramolecular Hbond substituents is 1. The summed E-state index contributed by atoms with van der Waals surface area (Å²) in [5, 5.41) is 9.81. The number of carbonyl (C=O) groups is 2. The topological polar surface area (TPSA) is 60.9 Å². The van der Waals surface area contributed by atoms with Gasteiger partial charge >= 0.3 is 0 Å². The number of benzene rings is 2. The van der Waals surface area contributed by atoms with Crippen LogP contribution in [0.5, 0.6) is 5.75 Å². The van der Waals surface area contributed by atoms with E-state index in [9.17, 15) is 19.1 Å². The quantitative estimate of drug-likeness (QED) is 0.900. The smallest absolute Gasteiger partial charge is 0.256 e. The van der Waals surface area contributed by atoms with Gasteiger partial charge in [-0.25, -0.2) is 4.39 Å². The van der Waals surface area contributed by atoms with Crippen molar-refractivity contribution in [3.63, 3.8) is 0 Å². The Bertz CT molecular complexity index is 825. The third-order valence-corrected chi connectivity index (χ3v) is 4.84. The summed E-state index contributed by atoms with van der Waals surface area (Å²) in [7, 11) is 0. The number of hydrogen-bond acceptors (Lipinski definition) is 3. The van der Waals surface area contributed by atoms with Crippen molar-refractivity contribution in [2.24, 2.45) is 0 Å². The van der Waals surface area contributed by atoms with Crippen LogP contribution in [0.2, 0.25) is 0 Å². The predicted octanol–water partition coefficient (Wildman–Crippen LogP) is 2.84. The second-order valence-corrected chi connectivity index (χ2v) is 6.64. The molecule has 1 heterocycles. The average Bonchev–Trinajstić information content (AvgIpc) is 2.93. The molecule has 0 aliphatic carbocycles. The van der Waals surface area contributed by atoms with E-state index in [0.29, 0.717) is 45.4 Å². The zero-order valence-electron chi connectivity index (χ0n) is 15.1. The van der Waals surface area contributed by atoms with Crippen molar-refractivity contribution >= 4 is 11.8 Å². The van der Waals surface area contributed by atoms with E-state index in [1.807, 2.05) is 6.07 Å². The van der Waals surface area contributed by atoms with E-state index in [1.54, 1.807) is 40.1 Å². The van der Waals surface area contributed by atoms with Gasteiger partial charge in [-0.15, -0.1) is 0 Å². The predicted molar refractivity (Wildman–Crippen MR) is 99.9 cm³/mol. The number of carbonyl (C=O) groups excluding carboxylic acids is 2. The van der Waals surface area contributed by atoms with Crippen LogP contribution < -0.4 is 0 Å². The molecule has 1 aliphatic heterocycles. The summed E-state index contributed by atoms with van der Waals surface area (Å²) < 4.78 is 13.9. The lowest BCUT2D eigenvalue weighted by Crippen LogP contribution is -2.37. The maximum absolute atomic E-state index is 13.9. The Labute approximate surface area is 158 Å². The number of hydrogen-bond donors (Lipinski definition) is 1. The van der Waals surface area contributed by atoms with Crippen LogP contribution in [0.25, 0.3) is 0 Å². The summed E-state index contributed by atoms with van der Waals surface area (Å²) in [6.45, 7) is 1.88. The number of halogens is 1. The first kappa shape index (κ1) is 18.9. The first-order chi connectivity index (χ1) is 13.1. The standard InChI is InChI=1S/C21H23FN2O3/c22-18-8-3-2-7-17(18)21(27)24-13-5-12-23(14-15-24)20(26)11-10-16-6-1-4-9-19(16)25/h1-4,6-9,25H,5,10-15H2. The molecule has 5 nitrogen and oxygen atoms in total. The van der Waals surface area contributed by atoms with Gasteiger partial charge in [0.1, 0.15) is 11.6 Å². The van der Waals surface area contributed by atoms with E-state index in [0.717, 1.165) is 5.56 Å². The molecule has 0 saturated carbocycles. The SMILES string of the molecule is O=C(CCc1ccccc1O)N1CCCN(C(=O)c2ccccc2F)CC1. The van der Waals surface area contributed by atoms with E-state index in [2.05, 4.69) is 0 Å². The van der Waals surface area contributed by atoms with Crippen LogP contribution in [0, 0.1) is 5.82 Å². The Morgan fingerprint density at radius 2 is 1.59 bits per heavy atom. The van der Waals surface area contributed by atoms with Gasteiger partial charge < -0.3 is 14.9 Å². The van der Waals surface area contributed by atoms with Crippen LogP contribution in [0.1, 0.15) is 28.8 Å². The zero-order valence-corrected chi connectivity index (χ0v) is 15.1. The molecule has 1 fully saturated rings. The van der Waals surface area contributed by atoms with Crippen molar-refractivity contribution < 1.29 is 19.1 Å². The highest BCUT2D eigenvalue weighted by molar-refractivity contribution is 5.94. The monoisotopic (exact) mass is 370 g/mol. The summed E-state index contributed by atoms with van der Waals surface area (Å²) in [5.41, 5.74) is 0.814. The number of phenols is 1. The lowest BCUT2D eigenvalue weighted by Gasteiger charge is -2.22. The number of para-hydroxylation sites is 1. The minimum atomic E-state index is -0.526. The maximum Gasteiger partial charge on any atom is 0.256 e. The summed E-state index contributed by atoms with van der Waals surface area (Å²) >= 11 is 0. The van der Waals surface area contributed by atoms with E-state index in [4.69, 9.17) is 0 Å². The molecule has 0 aromatic heterocycles. The van der Waals surface area contributed by atoms with Gasteiger partial charge in [0, 0.05) is 32.6 Å². The number of aryl methyl sites for hydroxylation is 1. The fourth-order valence-corrected chi connectivity index (χ4v) is 3.30. The van der Waals surface area contributed by atoms with Gasteiger partial charge in [0.2, 0.25) is 5.91 Å². The van der Waals surface area contributed by atoms with E-state index < -0.39 is 5.82 Å². The van der Waals surface area contributed by atoms with Crippen molar-refractivity contribution in [1.29, 1.82) is 0 Å². The molecule has 0 radical (unpaired) electrons. The van der Waals surface area contributed by atoms with Crippen molar-refractivity contribution in [3.8, 4) is 5.75 Å². The number of aromatic hydroxyl groups is 1. The molecule has 0 atom stereocenters. The Morgan fingerprint density at radius 3 is 2.37 bits per heavy atom. The van der Waals surface area contributed by atoms with E-state index >= 15 is 0 Å². The molecule has 0 spiro atoms. The van der Waals surface area contributed by atoms with Crippen LogP contribution in [-0.4, -0.2) is 52.9 Å². The summed E-state index contributed by atoms with van der Waals surface area (Å²) in [5.74, 6) is -0.666. The van der Waals surface area contributed by atoms with Crippen molar-refractivity contribution in [1.82, 2.24) is 9.80 Å². The molecule has 2 aromatic carbocycles. The number of rotatable bonds is 4. The second kappa shape index (κ2) is 8.66. The van der Waals surface area contributed by atoms with Crippen LogP contribution in [0.15, 0.2) is 48.5 Å². The van der Waals surface area contributed by atoms with E-state index in [1.165, 1.54) is 12.1 Å². The van der Waals surface area contributed by atoms with Gasteiger partial charge in [0.05, 0.1) is 5.56 Å². The summed E-state index contributed by atoms with van der Waals surface area (Å²) in [4.78, 5) is 28.4. The lowest BCUT2D eigenvalue weighted by molar-refractivity contribution is -0.131. The fraction of sp³-hybridized carbons (Fsp3) is 0.333. The minimum Gasteiger partial charge on any atom is -0.508 e. The van der Waals surface area contributed by atoms with E-state index in [-0.39, 0.29) is 23.1 Å². The molecule has 27 heavy (non-hydrogen) atoms. The highest BCUT2D eigenvalue weighted by Gasteiger charge is 2.24. The Hall–Kier alpha value is -2.89. The van der Waals surface area contributed by atoms with Gasteiger partial charge in [-0.2, -0.15) is 0 Å². The first-order valence-corrected chi connectivity index (χ1v) is 9.14. The minimum absolute atomic E-state index is 0.00144. The van der Waals surface area contributed by atoms with Gasteiger partial charge in [0.15, 0.2) is 0 Å². The van der Waals surface area contributed by atoms with Gasteiger partial charge in [-0.1, -0.05) is 30.3 Å². The molecular formula is C21H23FN2O3. The van der Waals surface area contributed by atoms with Crippen molar-refractivity contribution in [2.75, 3.05) is 26.2 Å². The molecule has 1 saturated heterocycles. The molecule has 2 aromatic rings. The zero-order chi connectivity index (χ0) is 19.2. The average molecular weight is 370 g/mol. The molecule has 0 unspecified atom stereocenters. The third kappa shape index (κ3) is 4.64. The molecule has 0 bridgehead atoms. The normalized spacial score (nSPS) is 14.7. The number of amides is 2. The highest BCUT2D eigenvalue weighted by atomic mass is 19.1. The van der Waals surface area contributed by atoms with Gasteiger partial charge in [-0.3, -0.25) is 9.59 Å². The molecule has 1 N–H and O–H groups in total. The maximum atomic E-state index is 13.9. The second-order valence-electron chi connectivity index (χ2n) is 6.64. The number of nitrogens with zero attached hydrogens (tertiary/aromatic N) is 2. The molecule has 6 heteroatoms. The molecule has 2 amide bonds. The Kier molecular flexibility index (Phi) is 6.06. The van der Waals surface area contributed by atoms with Gasteiger partial charge in [0.25, 0.3) is 5.91 Å². The highest BCUT2D eigenvalue weighted by Crippen LogP contribution is 2.18. The van der Waals surface area contributed by atoms with Crippen molar-refractivity contribution in [2.45, 2.75) is 19.3 Å². The van der Waals surface area contributed by atoms with Gasteiger partial charge in [-0.05, 0) is 36.6 Å². The Morgan fingerprint density at radius 1 is 0.926 bits per heavy atom. The molecular weight excluding hydrogens is 347 g/mol. The lowest BCUT2D eigenvalue weighted by atomic mass is 10.1. The summed E-state index contributed by atoms with van der Waals surface area (Å²) in [6.07, 6.45) is 1.43. The molecule has 1 aliphatic rings. The largest absolute Gasteiger partial charge is 0.508 e. The summed E-state index contributed by atoms with van der Waals surface area (Å²) in [6, 6.07) is 13.0. The molecule has 3 rings (SSSR count). The van der Waals surface area contributed by atoms with Crippen LogP contribution in [0.4, 0.5) is 4.39 Å². The fourth-order valence-electron chi connectivity index (χ4n) is 3.30. The van der Waals surface area contributed by atoms with Crippen LogP contribution in [0.3, 0.4) is 0 Å². The third-order valence-electron chi connectivity index (χ3n) is 4.84.